The number of aromatic nitrogens is 3. The molecule has 2 saturated heterocycles. The van der Waals surface area contributed by atoms with E-state index >= 15 is 0 Å². The van der Waals surface area contributed by atoms with Crippen molar-refractivity contribution < 1.29 is 46.6 Å². The number of nitrogens with zero attached hydrogens (tertiary/aromatic N) is 5. The van der Waals surface area contributed by atoms with Crippen molar-refractivity contribution in [3.63, 3.8) is 0 Å². The number of fused-ring (bicyclic) bond motifs is 1. The second kappa shape index (κ2) is 25.4. The summed E-state index contributed by atoms with van der Waals surface area (Å²) in [7, 11) is 1.73. The molecule has 3 aliphatic carbocycles. The van der Waals surface area contributed by atoms with E-state index in [0.717, 1.165) is 56.3 Å². The van der Waals surface area contributed by atoms with Gasteiger partial charge in [0.25, 0.3) is 0 Å². The second-order valence-electron chi connectivity index (χ2n) is 21.7. The van der Waals surface area contributed by atoms with Crippen LogP contribution in [0.2, 0.25) is 0 Å². The highest BCUT2D eigenvalue weighted by Crippen LogP contribution is 2.38. The zero-order valence-electron chi connectivity index (χ0n) is 43.0. The normalized spacial score (nSPS) is 27.7. The number of amides is 5. The molecule has 0 spiro atoms. The van der Waals surface area contributed by atoms with E-state index in [1.807, 2.05) is 17.0 Å². The van der Waals surface area contributed by atoms with Gasteiger partial charge in [-0.2, -0.15) is 13.2 Å². The minimum atomic E-state index is -4.55. The summed E-state index contributed by atoms with van der Waals surface area (Å²) in [6.45, 7) is 7.94. The Labute approximate surface area is 432 Å². The minimum absolute atomic E-state index is 0.0178. The summed E-state index contributed by atoms with van der Waals surface area (Å²) in [6, 6.07) is 5.59. The van der Waals surface area contributed by atoms with Gasteiger partial charge in [0.15, 0.2) is 0 Å². The molecule has 2 aromatic heterocycles. The van der Waals surface area contributed by atoms with Gasteiger partial charge < -0.3 is 45.9 Å². The molecule has 6 atom stereocenters. The van der Waals surface area contributed by atoms with Crippen LogP contribution in [0.4, 0.5) is 19.0 Å². The van der Waals surface area contributed by atoms with Gasteiger partial charge in [0.05, 0.1) is 48.3 Å². The van der Waals surface area contributed by atoms with E-state index in [2.05, 4.69) is 55.4 Å². The third-order valence-corrected chi connectivity index (χ3v) is 16.0. The van der Waals surface area contributed by atoms with E-state index in [0.29, 0.717) is 108 Å². The predicted octanol–water partition coefficient (Wildman–Crippen LogP) is 5.95. The summed E-state index contributed by atoms with van der Waals surface area (Å²) in [4.78, 5) is 82.5. The van der Waals surface area contributed by atoms with Crippen molar-refractivity contribution in [3.05, 3.63) is 60.2 Å². The van der Waals surface area contributed by atoms with Gasteiger partial charge in [-0.15, -0.1) is 0 Å². The lowest BCUT2D eigenvalue weighted by atomic mass is 9.83. The molecule has 17 nitrogen and oxygen atoms in total. The molecular formula is C54H75F3N10O7. The van der Waals surface area contributed by atoms with Crippen LogP contribution < -0.4 is 26.6 Å². The highest BCUT2D eigenvalue weighted by Gasteiger charge is 2.45. The van der Waals surface area contributed by atoms with Gasteiger partial charge in [0, 0.05) is 82.0 Å². The molecule has 0 radical (unpaired) electrons. The Morgan fingerprint density at radius 2 is 1.58 bits per heavy atom. The van der Waals surface area contributed by atoms with E-state index in [9.17, 15) is 37.1 Å². The third-order valence-electron chi connectivity index (χ3n) is 16.0. The van der Waals surface area contributed by atoms with Crippen LogP contribution in [0.15, 0.2) is 49.1 Å². The molecule has 1 aromatic carbocycles. The topological polar surface area (TPSA) is 209 Å². The lowest BCUT2D eigenvalue weighted by molar-refractivity contribution is -0.137. The molecular weight excluding hydrogens is 958 g/mol. The zero-order chi connectivity index (χ0) is 52.4. The molecule has 4 heterocycles. The van der Waals surface area contributed by atoms with E-state index in [-0.39, 0.29) is 89.7 Å². The van der Waals surface area contributed by atoms with Crippen molar-refractivity contribution in [2.75, 3.05) is 58.4 Å². The highest BCUT2D eigenvalue weighted by molar-refractivity contribution is 5.93. The molecule has 74 heavy (non-hydrogen) atoms. The fourth-order valence-electron chi connectivity index (χ4n) is 11.8. The maximum absolute atomic E-state index is 14.1. The van der Waals surface area contributed by atoms with Gasteiger partial charge in [-0.05, 0) is 131 Å². The highest BCUT2D eigenvalue weighted by atomic mass is 19.4. The molecule has 20 heteroatoms. The Hall–Kier alpha value is -5.47. The van der Waals surface area contributed by atoms with Gasteiger partial charge >= 0.3 is 6.18 Å². The number of likely N-dealkylation sites (tertiary alicyclic amines) is 2. The van der Waals surface area contributed by atoms with Crippen LogP contribution in [0.5, 0.6) is 0 Å². The van der Waals surface area contributed by atoms with Crippen LogP contribution in [0.25, 0.3) is 10.9 Å². The number of anilines is 1. The Morgan fingerprint density at radius 3 is 2.28 bits per heavy atom. The standard InChI is InChI=1S/C54H75F3N10O7/c1-33(2)28-60-40-15-17-46(67-22-18-44(53(67)72)64-50-41-25-38(54(55,56)57)12-16-43(41)61-32-62-50)45(26-40)65-51(70)36-10-13-39(14-11-36)63-47(68)19-23-73-30-34-6-8-35(9-7-34)31-74-24-21-59-52(71)42-27-48(69)66(3)49(42)37-5-4-20-58-29-37/h4-5,12,16,20,25,29,32-36,39-40,42,44-46,49,60H,6-11,13-15,17-19,21-24,26-28,30-31H2,1-3H3,(H,59,71)(H,63,68)(H,65,70)(H,61,62,64)/t34?,35?,36?,39?,40-,42+,44+,45-,46+,49-/m1/s1. The smallest absolute Gasteiger partial charge is 0.381 e. The average molecular weight is 1030 g/mol. The molecule has 0 bridgehead atoms. The fourth-order valence-corrected chi connectivity index (χ4v) is 11.8. The maximum Gasteiger partial charge on any atom is 0.416 e. The molecule has 5 fully saturated rings. The predicted molar refractivity (Wildman–Crippen MR) is 271 cm³/mol. The summed E-state index contributed by atoms with van der Waals surface area (Å²) in [5.74, 6) is 0.332. The number of alkyl halides is 3. The summed E-state index contributed by atoms with van der Waals surface area (Å²) < 4.78 is 52.7. The second-order valence-corrected chi connectivity index (χ2v) is 21.7. The number of rotatable bonds is 21. The van der Waals surface area contributed by atoms with Crippen molar-refractivity contribution in [2.24, 2.45) is 29.6 Å². The first kappa shape index (κ1) is 54.8. The van der Waals surface area contributed by atoms with Crippen LogP contribution >= 0.6 is 0 Å². The Kier molecular flexibility index (Phi) is 18.8. The summed E-state index contributed by atoms with van der Waals surface area (Å²) >= 11 is 0. The van der Waals surface area contributed by atoms with Crippen LogP contribution in [-0.2, 0) is 39.6 Å². The van der Waals surface area contributed by atoms with Crippen LogP contribution in [0.1, 0.15) is 121 Å². The molecule has 3 aromatic rings. The van der Waals surface area contributed by atoms with Crippen molar-refractivity contribution in [1.29, 1.82) is 0 Å². The van der Waals surface area contributed by atoms with Gasteiger partial charge in [-0.3, -0.25) is 29.0 Å². The van der Waals surface area contributed by atoms with Crippen molar-refractivity contribution in [1.82, 2.24) is 46.0 Å². The first-order valence-electron chi connectivity index (χ1n) is 26.9. The van der Waals surface area contributed by atoms with E-state index in [4.69, 9.17) is 9.47 Å². The van der Waals surface area contributed by atoms with Crippen LogP contribution in [0.3, 0.4) is 0 Å². The van der Waals surface area contributed by atoms with Gasteiger partial charge in [-0.25, -0.2) is 9.97 Å². The van der Waals surface area contributed by atoms with Gasteiger partial charge in [0.1, 0.15) is 18.2 Å². The molecule has 404 valence electrons. The monoisotopic (exact) mass is 1030 g/mol. The van der Waals surface area contributed by atoms with Crippen molar-refractivity contribution >= 4 is 46.3 Å². The fraction of sp³-hybridized carbons (Fsp3) is 0.667. The number of carbonyl (C=O) groups excluding carboxylic acids is 5. The number of benzene rings is 1. The molecule has 5 N–H and O–H groups in total. The summed E-state index contributed by atoms with van der Waals surface area (Å²) in [5, 5.41) is 16.5. The van der Waals surface area contributed by atoms with Gasteiger partial charge in [-0.1, -0.05) is 19.9 Å². The molecule has 3 saturated carbocycles. The largest absolute Gasteiger partial charge is 0.416 e. The first-order chi connectivity index (χ1) is 35.6. The van der Waals surface area contributed by atoms with Crippen LogP contribution in [-0.4, -0.2) is 138 Å². The molecule has 5 amide bonds. The summed E-state index contributed by atoms with van der Waals surface area (Å²) in [6.07, 6.45) is 9.94. The number of nitrogens with one attached hydrogen (secondary N) is 5. The lowest BCUT2D eigenvalue weighted by Crippen LogP contribution is -2.59. The van der Waals surface area contributed by atoms with Gasteiger partial charge in [0.2, 0.25) is 29.5 Å². The number of hydrogen-bond donors (Lipinski definition) is 5. The third kappa shape index (κ3) is 14.3. The average Bonchev–Trinajstić information content (AvgIpc) is 3.90. The first-order valence-corrected chi connectivity index (χ1v) is 26.9. The maximum atomic E-state index is 14.1. The van der Waals surface area contributed by atoms with Crippen molar-refractivity contribution in [2.45, 2.75) is 146 Å². The number of ether oxygens (including phenoxy) is 2. The molecule has 0 unspecified atom stereocenters. The quantitative estimate of drug-likeness (QED) is 0.0785. The SMILES string of the molecule is CC(C)CN[C@@H]1CC[C@H](N2CC[C@H](Nc3ncnc4ccc(C(F)(F)F)cc34)C2=O)[C@H](NC(=O)C2CCC(NC(=O)CCOCC3CCC(COCCNC(=O)[C@H]4CC(=O)N(C)[C@@H]4c4cccnc4)CC3)CC2)C1. The number of carbonyl (C=O) groups is 5. The van der Waals surface area contributed by atoms with E-state index in [1.165, 1.54) is 12.4 Å². The number of pyridine rings is 1. The van der Waals surface area contributed by atoms with Crippen LogP contribution in [0, 0.1) is 29.6 Å². The van der Waals surface area contributed by atoms with E-state index < -0.39 is 23.7 Å². The number of halogens is 3. The minimum Gasteiger partial charge on any atom is -0.381 e. The molecule has 8 rings (SSSR count). The summed E-state index contributed by atoms with van der Waals surface area (Å²) in [5.41, 5.74) is 0.362. The zero-order valence-corrected chi connectivity index (χ0v) is 43.0. The Morgan fingerprint density at radius 1 is 0.851 bits per heavy atom. The van der Waals surface area contributed by atoms with Crippen molar-refractivity contribution in [3.8, 4) is 0 Å². The molecule has 2 aliphatic heterocycles. The molecule has 5 aliphatic rings. The Balaban J connectivity index is 0.710. The van der Waals surface area contributed by atoms with E-state index in [1.54, 1.807) is 24.3 Å². The lowest BCUT2D eigenvalue weighted by Gasteiger charge is -2.42. The number of hydrogen-bond acceptors (Lipinski definition) is 12. The Bertz CT molecular complexity index is 2380.